The van der Waals surface area contributed by atoms with E-state index in [9.17, 15) is 19.7 Å². The number of carbonyl (C=O) groups is 2. The summed E-state index contributed by atoms with van der Waals surface area (Å²) < 4.78 is 10.9. The maximum absolute atomic E-state index is 12.8. The predicted molar refractivity (Wildman–Crippen MR) is 81.5 cm³/mol. The van der Waals surface area contributed by atoms with Crippen LogP contribution in [0.4, 0.5) is 5.69 Å². The lowest BCUT2D eigenvalue weighted by Crippen LogP contribution is -2.40. The number of fused-ring (bicyclic) bond motifs is 2. The minimum atomic E-state index is -0.984. The Labute approximate surface area is 137 Å². The third kappa shape index (κ3) is 2.13. The predicted octanol–water partition coefficient (Wildman–Crippen LogP) is 1.39. The highest BCUT2D eigenvalue weighted by molar-refractivity contribution is 6.22. The van der Waals surface area contributed by atoms with Crippen LogP contribution in [0.15, 0.2) is 18.2 Å². The Kier molecular flexibility index (Phi) is 3.40. The lowest BCUT2D eigenvalue weighted by atomic mass is 9.78. The fourth-order valence-corrected chi connectivity index (χ4v) is 3.87. The number of benzene rings is 1. The molecule has 2 aliphatic heterocycles. The number of anilines is 1. The third-order valence-corrected chi connectivity index (χ3v) is 4.96. The summed E-state index contributed by atoms with van der Waals surface area (Å²) in [5, 5.41) is 11.3. The fourth-order valence-electron chi connectivity index (χ4n) is 3.87. The number of hydrogen-bond donors (Lipinski definition) is 0. The van der Waals surface area contributed by atoms with Gasteiger partial charge in [-0.1, -0.05) is 0 Å². The molecule has 8 heteroatoms. The molecule has 2 amide bonds. The van der Waals surface area contributed by atoms with E-state index in [1.807, 2.05) is 0 Å². The molecule has 4 rings (SSSR count). The molecule has 2 heterocycles. The van der Waals surface area contributed by atoms with E-state index in [2.05, 4.69) is 0 Å². The highest BCUT2D eigenvalue weighted by atomic mass is 16.6. The van der Waals surface area contributed by atoms with Gasteiger partial charge in [-0.25, -0.2) is 4.90 Å². The second-order valence-electron chi connectivity index (χ2n) is 6.26. The van der Waals surface area contributed by atoms with Crippen molar-refractivity contribution >= 4 is 17.5 Å². The second-order valence-corrected chi connectivity index (χ2v) is 6.26. The smallest absolute Gasteiger partial charge is 0.244 e. The molecule has 1 aromatic carbocycles. The first-order chi connectivity index (χ1) is 11.6. The van der Waals surface area contributed by atoms with E-state index >= 15 is 0 Å². The maximum Gasteiger partial charge on any atom is 0.244 e. The van der Waals surface area contributed by atoms with Crippen LogP contribution in [0.2, 0.25) is 0 Å². The van der Waals surface area contributed by atoms with Crippen molar-refractivity contribution in [2.24, 2.45) is 11.8 Å². The van der Waals surface area contributed by atoms with Crippen molar-refractivity contribution in [2.45, 2.75) is 25.3 Å². The zero-order valence-electron chi connectivity index (χ0n) is 12.8. The minimum Gasteiger partial charge on any atom is -0.486 e. The standard InChI is InChI=1S/C16H16N2O6/c19-15-10-2-1-3-11(18(21)22)14(10)16(20)17(15)9-4-5-12-13(8-9)24-7-6-23-12/h4-5,8,10-11,14H,1-3,6-7H2. The van der Waals surface area contributed by atoms with Gasteiger partial charge in [-0.05, 0) is 25.0 Å². The van der Waals surface area contributed by atoms with Crippen LogP contribution < -0.4 is 14.4 Å². The van der Waals surface area contributed by atoms with Gasteiger partial charge in [0.1, 0.15) is 19.1 Å². The van der Waals surface area contributed by atoms with Crippen molar-refractivity contribution in [2.75, 3.05) is 18.1 Å². The van der Waals surface area contributed by atoms with Crippen LogP contribution >= 0.6 is 0 Å². The highest BCUT2D eigenvalue weighted by Crippen LogP contribution is 2.43. The molecule has 0 bridgehead atoms. The Morgan fingerprint density at radius 1 is 1.08 bits per heavy atom. The molecule has 8 nitrogen and oxygen atoms in total. The summed E-state index contributed by atoms with van der Waals surface area (Å²) in [5.74, 6) is -1.27. The summed E-state index contributed by atoms with van der Waals surface area (Å²) in [5.41, 5.74) is 0.380. The van der Waals surface area contributed by atoms with Gasteiger partial charge < -0.3 is 9.47 Å². The SMILES string of the molecule is O=C1C2CCCC([N+](=O)[O-])C2C(=O)N1c1ccc2c(c1)OCCO2. The van der Waals surface area contributed by atoms with Gasteiger partial charge in [0.25, 0.3) is 0 Å². The van der Waals surface area contributed by atoms with Crippen molar-refractivity contribution < 1.29 is 24.0 Å². The van der Waals surface area contributed by atoms with Crippen molar-refractivity contribution in [1.82, 2.24) is 0 Å². The van der Waals surface area contributed by atoms with Crippen LogP contribution in [0.5, 0.6) is 11.5 Å². The van der Waals surface area contributed by atoms with E-state index in [1.165, 1.54) is 0 Å². The largest absolute Gasteiger partial charge is 0.486 e. The molecule has 3 unspecified atom stereocenters. The van der Waals surface area contributed by atoms with Gasteiger partial charge >= 0.3 is 0 Å². The van der Waals surface area contributed by atoms with Crippen LogP contribution in [-0.2, 0) is 9.59 Å². The van der Waals surface area contributed by atoms with Gasteiger partial charge in [0.2, 0.25) is 17.9 Å². The summed E-state index contributed by atoms with van der Waals surface area (Å²) >= 11 is 0. The topological polar surface area (TPSA) is 99.0 Å². The summed E-state index contributed by atoms with van der Waals surface area (Å²) in [6.45, 7) is 0.843. The van der Waals surface area contributed by atoms with Crippen LogP contribution in [0.1, 0.15) is 19.3 Å². The molecule has 0 radical (unpaired) electrons. The summed E-state index contributed by atoms with van der Waals surface area (Å²) in [4.78, 5) is 37.4. The number of nitro groups is 1. The number of imide groups is 1. The van der Waals surface area contributed by atoms with E-state index in [4.69, 9.17) is 9.47 Å². The molecule has 0 aromatic heterocycles. The Hall–Kier alpha value is -2.64. The molecule has 1 aliphatic carbocycles. The molecule has 3 aliphatic rings. The van der Waals surface area contributed by atoms with Gasteiger partial charge in [-0.3, -0.25) is 19.7 Å². The molecule has 126 valence electrons. The summed E-state index contributed by atoms with van der Waals surface area (Å²) in [6.07, 6.45) is 1.43. The lowest BCUT2D eigenvalue weighted by Gasteiger charge is -2.23. The minimum absolute atomic E-state index is 0.335. The third-order valence-electron chi connectivity index (χ3n) is 4.96. The normalized spacial score (nSPS) is 28.7. The highest BCUT2D eigenvalue weighted by Gasteiger charge is 2.57. The van der Waals surface area contributed by atoms with Crippen LogP contribution in [0.25, 0.3) is 0 Å². The van der Waals surface area contributed by atoms with Gasteiger partial charge in [0, 0.05) is 17.4 Å². The van der Waals surface area contributed by atoms with Gasteiger partial charge in [0.15, 0.2) is 11.5 Å². The molecule has 0 N–H and O–H groups in total. The number of amides is 2. The second kappa shape index (κ2) is 5.47. The molecule has 2 fully saturated rings. The molecule has 1 aromatic rings. The Morgan fingerprint density at radius 2 is 1.83 bits per heavy atom. The van der Waals surface area contributed by atoms with Gasteiger partial charge in [0.05, 0.1) is 11.6 Å². The molecule has 1 saturated heterocycles. The maximum atomic E-state index is 12.8. The number of ether oxygens (including phenoxy) is 2. The number of hydrogen-bond acceptors (Lipinski definition) is 6. The average molecular weight is 332 g/mol. The number of nitrogens with zero attached hydrogens (tertiary/aromatic N) is 2. The van der Waals surface area contributed by atoms with E-state index in [0.717, 1.165) is 4.90 Å². The summed E-state index contributed by atoms with van der Waals surface area (Å²) in [6, 6.07) is 3.87. The van der Waals surface area contributed by atoms with Crippen LogP contribution in [0.3, 0.4) is 0 Å². The van der Waals surface area contributed by atoms with E-state index < -0.39 is 28.7 Å². The number of rotatable bonds is 2. The molecular weight excluding hydrogens is 316 g/mol. The van der Waals surface area contributed by atoms with Gasteiger partial charge in [-0.15, -0.1) is 0 Å². The van der Waals surface area contributed by atoms with Crippen molar-refractivity contribution in [3.05, 3.63) is 28.3 Å². The van der Waals surface area contributed by atoms with E-state index in [1.54, 1.807) is 18.2 Å². The zero-order valence-corrected chi connectivity index (χ0v) is 12.8. The van der Waals surface area contributed by atoms with E-state index in [0.29, 0.717) is 49.7 Å². The van der Waals surface area contributed by atoms with Crippen LogP contribution in [-0.4, -0.2) is 36.0 Å². The average Bonchev–Trinajstić information content (AvgIpc) is 2.85. The quantitative estimate of drug-likeness (QED) is 0.461. The zero-order chi connectivity index (χ0) is 16.8. The Bertz CT molecular complexity index is 733. The monoisotopic (exact) mass is 332 g/mol. The van der Waals surface area contributed by atoms with Gasteiger partial charge in [-0.2, -0.15) is 0 Å². The molecule has 24 heavy (non-hydrogen) atoms. The van der Waals surface area contributed by atoms with E-state index in [-0.39, 0.29) is 5.91 Å². The molecule has 3 atom stereocenters. The van der Waals surface area contributed by atoms with Crippen molar-refractivity contribution in [3.63, 3.8) is 0 Å². The Morgan fingerprint density at radius 3 is 2.58 bits per heavy atom. The first kappa shape index (κ1) is 14.9. The van der Waals surface area contributed by atoms with Crippen molar-refractivity contribution in [1.29, 1.82) is 0 Å². The molecule has 0 spiro atoms. The first-order valence-electron chi connectivity index (χ1n) is 7.99. The molecule has 1 saturated carbocycles. The Balaban J connectivity index is 1.70. The number of carbonyl (C=O) groups excluding carboxylic acids is 2. The summed E-state index contributed by atoms with van der Waals surface area (Å²) in [7, 11) is 0. The lowest BCUT2D eigenvalue weighted by molar-refractivity contribution is -0.533. The first-order valence-corrected chi connectivity index (χ1v) is 7.99. The van der Waals surface area contributed by atoms with Crippen LogP contribution in [0, 0.1) is 22.0 Å². The van der Waals surface area contributed by atoms with Crippen molar-refractivity contribution in [3.8, 4) is 11.5 Å². The fraction of sp³-hybridized carbons (Fsp3) is 0.500. The molecular formula is C16H16N2O6.